The van der Waals surface area contributed by atoms with Crippen LogP contribution in [0.1, 0.15) is 38.1 Å². The van der Waals surface area contributed by atoms with Gasteiger partial charge in [0.1, 0.15) is 5.75 Å². The molecule has 100 valence electrons. The third kappa shape index (κ3) is 3.64. The summed E-state index contributed by atoms with van der Waals surface area (Å²) in [6.45, 7) is 9.00. The van der Waals surface area contributed by atoms with Crippen LogP contribution in [0.5, 0.6) is 5.75 Å². The van der Waals surface area contributed by atoms with Gasteiger partial charge in [0.2, 0.25) is 0 Å². The number of rotatable bonds is 4. The molecule has 1 rings (SSSR count). The van der Waals surface area contributed by atoms with Crippen molar-refractivity contribution in [2.45, 2.75) is 27.7 Å². The number of hydrogen-bond donors (Lipinski definition) is 2. The molecule has 1 amide bonds. The van der Waals surface area contributed by atoms with Gasteiger partial charge in [-0.25, -0.2) is 0 Å². The summed E-state index contributed by atoms with van der Waals surface area (Å²) in [5, 5.41) is 12.6. The van der Waals surface area contributed by atoms with E-state index in [-0.39, 0.29) is 17.1 Å². The minimum absolute atomic E-state index is 0.0129. The van der Waals surface area contributed by atoms with Crippen LogP contribution in [0.15, 0.2) is 18.2 Å². The molecule has 0 aliphatic heterocycles. The van der Waals surface area contributed by atoms with Crippen LogP contribution in [-0.4, -0.2) is 17.6 Å². The molecule has 0 bridgehead atoms. The molecule has 18 heavy (non-hydrogen) atoms. The Labute approximate surface area is 113 Å². The number of nitrogens with one attached hydrogen (secondary N) is 1. The van der Waals surface area contributed by atoms with Crippen molar-refractivity contribution in [2.24, 2.45) is 11.3 Å². The zero-order valence-electron chi connectivity index (χ0n) is 11.2. The van der Waals surface area contributed by atoms with E-state index in [1.54, 1.807) is 0 Å². The van der Waals surface area contributed by atoms with Crippen molar-refractivity contribution >= 4 is 17.5 Å². The van der Waals surface area contributed by atoms with Crippen molar-refractivity contribution in [2.75, 3.05) is 6.54 Å². The number of amides is 1. The van der Waals surface area contributed by atoms with Crippen molar-refractivity contribution < 1.29 is 9.90 Å². The average Bonchev–Trinajstić information content (AvgIpc) is 2.29. The number of carbonyl (C=O) groups excluding carboxylic acids is 1. The number of phenolic OH excluding ortho intramolecular Hbond substituents is 1. The Hall–Kier alpha value is -1.22. The monoisotopic (exact) mass is 269 g/mol. The fraction of sp³-hybridized carbons (Fsp3) is 0.500. The fourth-order valence-corrected chi connectivity index (χ4v) is 1.50. The van der Waals surface area contributed by atoms with Gasteiger partial charge in [0.05, 0.1) is 10.6 Å². The summed E-state index contributed by atoms with van der Waals surface area (Å²) >= 11 is 5.93. The molecule has 2 N–H and O–H groups in total. The number of carbonyl (C=O) groups is 1. The Bertz CT molecular complexity index is 441. The SMILES string of the molecule is CC(C)C(C)(C)CNC(=O)c1cc(O)ccc1Cl. The van der Waals surface area contributed by atoms with Crippen molar-refractivity contribution in [1.82, 2.24) is 5.32 Å². The van der Waals surface area contributed by atoms with Crippen LogP contribution in [0.25, 0.3) is 0 Å². The zero-order chi connectivity index (χ0) is 13.9. The van der Waals surface area contributed by atoms with Crippen molar-refractivity contribution in [3.8, 4) is 5.75 Å². The lowest BCUT2D eigenvalue weighted by atomic mass is 9.81. The number of aromatic hydroxyl groups is 1. The molecule has 0 fully saturated rings. The van der Waals surface area contributed by atoms with E-state index in [1.165, 1.54) is 18.2 Å². The van der Waals surface area contributed by atoms with Crippen LogP contribution in [0.4, 0.5) is 0 Å². The molecule has 0 saturated heterocycles. The normalized spacial score (nSPS) is 11.7. The molecular formula is C14H20ClNO2. The molecule has 0 unspecified atom stereocenters. The summed E-state index contributed by atoms with van der Waals surface area (Å²) in [5.41, 5.74) is 0.315. The molecule has 0 saturated carbocycles. The quantitative estimate of drug-likeness (QED) is 0.879. The highest BCUT2D eigenvalue weighted by atomic mass is 35.5. The van der Waals surface area contributed by atoms with Crippen LogP contribution in [0.2, 0.25) is 5.02 Å². The second-order valence-corrected chi connectivity index (χ2v) is 5.90. The number of phenols is 1. The zero-order valence-corrected chi connectivity index (χ0v) is 12.0. The summed E-state index contributed by atoms with van der Waals surface area (Å²) in [5.74, 6) is 0.231. The second-order valence-electron chi connectivity index (χ2n) is 5.49. The lowest BCUT2D eigenvalue weighted by molar-refractivity contribution is 0.0924. The van der Waals surface area contributed by atoms with Crippen LogP contribution < -0.4 is 5.32 Å². The Morgan fingerprint density at radius 3 is 2.61 bits per heavy atom. The summed E-state index contributed by atoms with van der Waals surface area (Å²) in [6, 6.07) is 4.34. The fourth-order valence-electron chi connectivity index (χ4n) is 1.29. The van der Waals surface area contributed by atoms with E-state index in [1.807, 2.05) is 0 Å². The average molecular weight is 270 g/mol. The lowest BCUT2D eigenvalue weighted by Crippen LogP contribution is -2.37. The van der Waals surface area contributed by atoms with Crippen molar-refractivity contribution in [3.63, 3.8) is 0 Å². The van der Waals surface area contributed by atoms with E-state index in [0.29, 0.717) is 23.0 Å². The van der Waals surface area contributed by atoms with Crippen LogP contribution in [0.3, 0.4) is 0 Å². The van der Waals surface area contributed by atoms with E-state index in [4.69, 9.17) is 11.6 Å². The maximum Gasteiger partial charge on any atom is 0.252 e. The van der Waals surface area contributed by atoms with E-state index in [0.717, 1.165) is 0 Å². The highest BCUT2D eigenvalue weighted by Gasteiger charge is 2.23. The maximum atomic E-state index is 12.0. The second kappa shape index (κ2) is 5.61. The Balaban J connectivity index is 2.75. The van der Waals surface area contributed by atoms with Crippen LogP contribution in [0, 0.1) is 11.3 Å². The first-order valence-corrected chi connectivity index (χ1v) is 6.38. The lowest BCUT2D eigenvalue weighted by Gasteiger charge is -2.29. The van der Waals surface area contributed by atoms with Crippen molar-refractivity contribution in [1.29, 1.82) is 0 Å². The Morgan fingerprint density at radius 1 is 1.44 bits per heavy atom. The first kappa shape index (κ1) is 14.8. The molecule has 0 aliphatic rings. The van der Waals surface area contributed by atoms with Gasteiger partial charge in [0.15, 0.2) is 0 Å². The minimum atomic E-state index is -0.260. The van der Waals surface area contributed by atoms with Gasteiger partial charge >= 0.3 is 0 Å². The molecule has 0 aromatic heterocycles. The van der Waals surface area contributed by atoms with Gasteiger partial charge in [-0.1, -0.05) is 39.3 Å². The smallest absolute Gasteiger partial charge is 0.252 e. The van der Waals surface area contributed by atoms with Gasteiger partial charge in [0, 0.05) is 6.54 Å². The van der Waals surface area contributed by atoms with E-state index in [2.05, 4.69) is 33.0 Å². The topological polar surface area (TPSA) is 49.3 Å². The number of halogens is 1. The number of benzene rings is 1. The third-order valence-corrected chi connectivity index (χ3v) is 3.79. The predicted molar refractivity (Wildman–Crippen MR) is 74.1 cm³/mol. The standard InChI is InChI=1S/C14H20ClNO2/c1-9(2)14(3,4)8-16-13(18)11-7-10(17)5-6-12(11)15/h5-7,9,17H,8H2,1-4H3,(H,16,18). The first-order valence-electron chi connectivity index (χ1n) is 6.01. The largest absolute Gasteiger partial charge is 0.508 e. The molecule has 0 aliphatic carbocycles. The molecule has 0 radical (unpaired) electrons. The molecule has 0 spiro atoms. The molecule has 0 atom stereocenters. The highest BCUT2D eigenvalue weighted by Crippen LogP contribution is 2.25. The molecule has 1 aromatic rings. The highest BCUT2D eigenvalue weighted by molar-refractivity contribution is 6.33. The molecule has 1 aromatic carbocycles. The first-order chi connectivity index (χ1) is 8.24. The van der Waals surface area contributed by atoms with Gasteiger partial charge < -0.3 is 10.4 Å². The third-order valence-electron chi connectivity index (χ3n) is 3.46. The minimum Gasteiger partial charge on any atom is -0.508 e. The molecule has 3 nitrogen and oxygen atoms in total. The van der Waals surface area contributed by atoms with E-state index >= 15 is 0 Å². The Morgan fingerprint density at radius 2 is 2.06 bits per heavy atom. The van der Waals surface area contributed by atoms with Gasteiger partial charge in [-0.15, -0.1) is 0 Å². The summed E-state index contributed by atoms with van der Waals surface area (Å²) < 4.78 is 0. The van der Waals surface area contributed by atoms with Crippen LogP contribution >= 0.6 is 11.6 Å². The predicted octanol–water partition coefficient (Wildman–Crippen LogP) is 3.46. The van der Waals surface area contributed by atoms with Crippen molar-refractivity contribution in [3.05, 3.63) is 28.8 Å². The molecule has 4 heteroatoms. The maximum absolute atomic E-state index is 12.0. The summed E-state index contributed by atoms with van der Waals surface area (Å²) in [7, 11) is 0. The molecular weight excluding hydrogens is 250 g/mol. The van der Waals surface area contributed by atoms with Gasteiger partial charge in [0.25, 0.3) is 5.91 Å². The molecule has 0 heterocycles. The summed E-state index contributed by atoms with van der Waals surface area (Å²) in [6.07, 6.45) is 0. The van der Waals surface area contributed by atoms with E-state index < -0.39 is 0 Å². The van der Waals surface area contributed by atoms with Gasteiger partial charge in [-0.3, -0.25) is 4.79 Å². The van der Waals surface area contributed by atoms with Crippen LogP contribution in [-0.2, 0) is 0 Å². The summed E-state index contributed by atoms with van der Waals surface area (Å²) in [4.78, 5) is 12.0. The van der Waals surface area contributed by atoms with Gasteiger partial charge in [-0.2, -0.15) is 0 Å². The number of hydrogen-bond acceptors (Lipinski definition) is 2. The van der Waals surface area contributed by atoms with Gasteiger partial charge in [-0.05, 0) is 29.5 Å². The Kier molecular flexibility index (Phi) is 4.63. The van der Waals surface area contributed by atoms with E-state index in [9.17, 15) is 9.90 Å².